The molecule has 0 aliphatic heterocycles. The van der Waals surface area contributed by atoms with Crippen LogP contribution in [0.3, 0.4) is 0 Å². The molecule has 9 heteroatoms. The van der Waals surface area contributed by atoms with E-state index in [1.807, 2.05) is 0 Å². The van der Waals surface area contributed by atoms with E-state index in [4.69, 9.17) is 23.7 Å². The SMILES string of the molecule is COC(=O)/C=C/C1=CC2C(=O)C(OC)(OC)C1C(C(=O)OC)C2c1ccc(OC)c(OC)c1. The second kappa shape index (κ2) is 9.76. The fraction of sp³-hybridized carbons (Fsp3) is 0.458. The summed E-state index contributed by atoms with van der Waals surface area (Å²) in [6.07, 6.45) is 4.49. The van der Waals surface area contributed by atoms with Crippen LogP contribution in [-0.4, -0.2) is 66.2 Å². The highest BCUT2D eigenvalue weighted by Crippen LogP contribution is 2.57. The molecule has 0 saturated heterocycles. The third-order valence-corrected chi connectivity index (χ3v) is 6.41. The summed E-state index contributed by atoms with van der Waals surface area (Å²) in [5.41, 5.74) is 1.24. The second-order valence-corrected chi connectivity index (χ2v) is 7.66. The monoisotopic (exact) mass is 460 g/mol. The minimum atomic E-state index is -1.72. The van der Waals surface area contributed by atoms with Gasteiger partial charge in [-0.25, -0.2) is 4.79 Å². The van der Waals surface area contributed by atoms with E-state index in [0.29, 0.717) is 22.6 Å². The van der Waals surface area contributed by atoms with Gasteiger partial charge in [0.2, 0.25) is 5.79 Å². The minimum absolute atomic E-state index is 0.326. The zero-order valence-electron chi connectivity index (χ0n) is 19.4. The number of esters is 2. The van der Waals surface area contributed by atoms with Crippen molar-refractivity contribution in [3.05, 3.63) is 47.6 Å². The number of ether oxygens (including phenoxy) is 6. The zero-order chi connectivity index (χ0) is 24.3. The summed E-state index contributed by atoms with van der Waals surface area (Å²) in [6.45, 7) is 0. The van der Waals surface area contributed by atoms with Gasteiger partial charge in [0, 0.05) is 32.1 Å². The fourth-order valence-corrected chi connectivity index (χ4v) is 4.96. The predicted molar refractivity (Wildman–Crippen MR) is 116 cm³/mol. The third-order valence-electron chi connectivity index (χ3n) is 6.41. The Hall–Kier alpha value is -3.17. The molecule has 4 unspecified atom stereocenters. The number of allylic oxidation sites excluding steroid dienone is 2. The molecule has 4 rings (SSSR count). The molecule has 4 atom stereocenters. The second-order valence-electron chi connectivity index (χ2n) is 7.66. The van der Waals surface area contributed by atoms with Crippen molar-refractivity contribution < 1.29 is 42.8 Å². The molecular formula is C24H28O9. The van der Waals surface area contributed by atoms with Crippen molar-refractivity contribution in [1.82, 2.24) is 0 Å². The van der Waals surface area contributed by atoms with Gasteiger partial charge in [-0.1, -0.05) is 18.2 Å². The smallest absolute Gasteiger partial charge is 0.330 e. The Balaban J connectivity index is 2.24. The Kier molecular flexibility index (Phi) is 7.24. The molecule has 178 valence electrons. The molecule has 0 N–H and O–H groups in total. The van der Waals surface area contributed by atoms with Gasteiger partial charge in [0.05, 0.1) is 40.3 Å². The Labute approximate surface area is 192 Å². The number of carbonyl (C=O) groups is 3. The normalized spacial score (nSPS) is 25.5. The maximum atomic E-state index is 13.6. The number of hydrogen-bond donors (Lipinski definition) is 0. The molecule has 1 fully saturated rings. The maximum Gasteiger partial charge on any atom is 0.330 e. The standard InChI is InChI=1S/C24H28O9/c1-28-16-9-7-13(12-17(16)29-2)19-15-11-14(8-10-18(25)30-3)21(20(19)23(27)31-4)24(32-5,33-6)22(15)26/h7-12,15,19-21H,1-6H3/b10-8+. The Morgan fingerprint density at radius 2 is 1.61 bits per heavy atom. The molecule has 0 radical (unpaired) electrons. The predicted octanol–water partition coefficient (Wildman–Crippen LogP) is 2.05. The first-order valence-electron chi connectivity index (χ1n) is 10.3. The van der Waals surface area contributed by atoms with Gasteiger partial charge < -0.3 is 28.4 Å². The van der Waals surface area contributed by atoms with Gasteiger partial charge in [-0.3, -0.25) is 9.59 Å². The number of Topliss-reactive ketones (excluding diaryl/α,β-unsaturated/α-hetero) is 1. The molecule has 33 heavy (non-hydrogen) atoms. The van der Waals surface area contributed by atoms with Crippen LogP contribution in [0.25, 0.3) is 0 Å². The van der Waals surface area contributed by atoms with Gasteiger partial charge in [0.25, 0.3) is 0 Å². The Morgan fingerprint density at radius 3 is 2.15 bits per heavy atom. The number of fused-ring (bicyclic) bond motifs is 2. The highest BCUT2D eigenvalue weighted by atomic mass is 16.7. The van der Waals surface area contributed by atoms with Crippen LogP contribution in [-0.2, 0) is 33.3 Å². The summed E-state index contributed by atoms with van der Waals surface area (Å²) in [6, 6.07) is 5.25. The summed E-state index contributed by atoms with van der Waals surface area (Å²) in [7, 11) is 8.28. The van der Waals surface area contributed by atoms with Crippen LogP contribution in [0.2, 0.25) is 0 Å². The van der Waals surface area contributed by atoms with E-state index in [1.165, 1.54) is 54.8 Å². The fourth-order valence-electron chi connectivity index (χ4n) is 4.96. The average molecular weight is 460 g/mol. The van der Waals surface area contributed by atoms with Crippen molar-refractivity contribution in [2.45, 2.75) is 11.7 Å². The lowest BCUT2D eigenvalue weighted by Crippen LogP contribution is -2.64. The van der Waals surface area contributed by atoms with E-state index in [0.717, 1.165) is 0 Å². The summed E-state index contributed by atoms with van der Waals surface area (Å²) < 4.78 is 31.8. The van der Waals surface area contributed by atoms with Crippen molar-refractivity contribution in [1.29, 1.82) is 0 Å². The highest BCUT2D eigenvalue weighted by Gasteiger charge is 2.66. The van der Waals surface area contributed by atoms with E-state index in [1.54, 1.807) is 24.3 Å². The lowest BCUT2D eigenvalue weighted by Gasteiger charge is -2.53. The first kappa shape index (κ1) is 24.5. The van der Waals surface area contributed by atoms with Gasteiger partial charge in [-0.2, -0.15) is 0 Å². The summed E-state index contributed by atoms with van der Waals surface area (Å²) in [4.78, 5) is 38.5. The van der Waals surface area contributed by atoms with E-state index < -0.39 is 41.4 Å². The number of rotatable bonds is 8. The van der Waals surface area contributed by atoms with E-state index in [-0.39, 0.29) is 5.78 Å². The van der Waals surface area contributed by atoms with Gasteiger partial charge in [-0.05, 0) is 23.3 Å². The number of methoxy groups -OCH3 is 6. The van der Waals surface area contributed by atoms with Crippen molar-refractivity contribution >= 4 is 17.7 Å². The van der Waals surface area contributed by atoms with Crippen LogP contribution in [0.5, 0.6) is 11.5 Å². The zero-order valence-corrected chi connectivity index (χ0v) is 19.4. The van der Waals surface area contributed by atoms with Gasteiger partial charge >= 0.3 is 11.9 Å². The Morgan fingerprint density at radius 1 is 0.939 bits per heavy atom. The number of hydrogen-bond acceptors (Lipinski definition) is 9. The average Bonchev–Trinajstić information content (AvgIpc) is 2.86. The molecule has 1 saturated carbocycles. The quantitative estimate of drug-likeness (QED) is 0.327. The van der Waals surface area contributed by atoms with E-state index in [2.05, 4.69) is 4.74 Å². The molecule has 1 aromatic carbocycles. The topological polar surface area (TPSA) is 107 Å². The van der Waals surface area contributed by atoms with E-state index >= 15 is 0 Å². The minimum Gasteiger partial charge on any atom is -0.493 e. The molecule has 3 aliphatic carbocycles. The maximum absolute atomic E-state index is 13.6. The summed E-state index contributed by atoms with van der Waals surface area (Å²) in [5.74, 6) is -5.28. The summed E-state index contributed by atoms with van der Waals surface area (Å²) in [5, 5.41) is 0. The number of carbonyl (C=O) groups excluding carboxylic acids is 3. The largest absolute Gasteiger partial charge is 0.493 e. The van der Waals surface area contributed by atoms with Crippen LogP contribution >= 0.6 is 0 Å². The number of ketones is 1. The lowest BCUT2D eigenvalue weighted by atomic mass is 9.54. The van der Waals surface area contributed by atoms with Crippen LogP contribution in [0.15, 0.2) is 42.0 Å². The third kappa shape index (κ3) is 3.91. The molecule has 9 nitrogen and oxygen atoms in total. The molecule has 0 aromatic heterocycles. The van der Waals surface area contributed by atoms with Crippen molar-refractivity contribution in [3.63, 3.8) is 0 Å². The van der Waals surface area contributed by atoms with Crippen molar-refractivity contribution in [2.24, 2.45) is 17.8 Å². The molecule has 0 spiro atoms. The number of benzene rings is 1. The first-order chi connectivity index (χ1) is 15.8. The molecule has 2 bridgehead atoms. The van der Waals surface area contributed by atoms with Gasteiger partial charge in [0.15, 0.2) is 17.3 Å². The summed E-state index contributed by atoms with van der Waals surface area (Å²) >= 11 is 0. The molecular weight excluding hydrogens is 432 g/mol. The highest BCUT2D eigenvalue weighted by molar-refractivity contribution is 5.97. The molecule has 0 heterocycles. The molecule has 1 aromatic rings. The van der Waals surface area contributed by atoms with Gasteiger partial charge in [-0.15, -0.1) is 0 Å². The van der Waals surface area contributed by atoms with Crippen LogP contribution in [0, 0.1) is 17.8 Å². The van der Waals surface area contributed by atoms with Crippen molar-refractivity contribution in [3.8, 4) is 11.5 Å². The van der Waals surface area contributed by atoms with Gasteiger partial charge in [0.1, 0.15) is 0 Å². The van der Waals surface area contributed by atoms with Crippen LogP contribution in [0.4, 0.5) is 0 Å². The van der Waals surface area contributed by atoms with E-state index in [9.17, 15) is 14.4 Å². The van der Waals surface area contributed by atoms with Crippen LogP contribution < -0.4 is 9.47 Å². The molecule has 0 amide bonds. The Bertz CT molecular complexity index is 990. The first-order valence-corrected chi connectivity index (χ1v) is 10.3. The molecule has 3 aliphatic rings. The van der Waals surface area contributed by atoms with Crippen molar-refractivity contribution in [2.75, 3.05) is 42.7 Å². The lowest BCUT2D eigenvalue weighted by molar-refractivity contribution is -0.248. The van der Waals surface area contributed by atoms with Crippen LogP contribution in [0.1, 0.15) is 11.5 Å².